The third-order valence-electron chi connectivity index (χ3n) is 6.20. The number of nitrogens with zero attached hydrogens (tertiary/aromatic N) is 2. The van der Waals surface area contributed by atoms with Gasteiger partial charge in [-0.3, -0.25) is 14.6 Å². The Bertz CT molecular complexity index is 1140. The molecule has 6 nitrogen and oxygen atoms in total. The number of fused-ring (bicyclic) bond motifs is 1. The molecule has 4 rings (SSSR count). The standard InChI is InChI=1S/C28H31ClN4O2/c29-25-11-8-21(9-12-25)18-32-27(34)22-10-13-26-24(17-22)20-30-14-4-2-1-3-5-16-33(26)28(35)23-7-6-15-31-19-23/h6-13,15,17,19,30H,1-5,14,16,18,20H2,(H,32,34). The average molecular weight is 491 g/mol. The molecule has 0 radical (unpaired) electrons. The van der Waals surface area contributed by atoms with E-state index in [2.05, 4.69) is 15.6 Å². The number of benzene rings is 2. The van der Waals surface area contributed by atoms with Crippen LogP contribution < -0.4 is 15.5 Å². The Morgan fingerprint density at radius 3 is 2.57 bits per heavy atom. The molecule has 1 aliphatic rings. The minimum atomic E-state index is -0.154. The van der Waals surface area contributed by atoms with Crippen molar-refractivity contribution in [3.8, 4) is 0 Å². The van der Waals surface area contributed by atoms with Gasteiger partial charge in [-0.05, 0) is 73.0 Å². The molecule has 2 N–H and O–H groups in total. The van der Waals surface area contributed by atoms with E-state index < -0.39 is 0 Å². The fourth-order valence-electron chi connectivity index (χ4n) is 4.27. The largest absolute Gasteiger partial charge is 0.348 e. The van der Waals surface area contributed by atoms with Crippen LogP contribution in [0, 0.1) is 0 Å². The Morgan fingerprint density at radius 2 is 1.77 bits per heavy atom. The number of rotatable bonds is 4. The zero-order valence-electron chi connectivity index (χ0n) is 19.8. The molecule has 182 valence electrons. The van der Waals surface area contributed by atoms with Gasteiger partial charge in [-0.1, -0.05) is 43.0 Å². The number of nitrogens with one attached hydrogen (secondary N) is 2. The van der Waals surface area contributed by atoms with Gasteiger partial charge >= 0.3 is 0 Å². The summed E-state index contributed by atoms with van der Waals surface area (Å²) in [7, 11) is 0. The van der Waals surface area contributed by atoms with E-state index in [1.807, 2.05) is 41.3 Å². The number of pyridine rings is 1. The molecule has 0 atom stereocenters. The first-order chi connectivity index (χ1) is 17.1. The normalized spacial score (nSPS) is 14.8. The van der Waals surface area contributed by atoms with Gasteiger partial charge in [0, 0.05) is 48.3 Å². The lowest BCUT2D eigenvalue weighted by atomic mass is 10.0. The van der Waals surface area contributed by atoms with Gasteiger partial charge in [0.2, 0.25) is 0 Å². The van der Waals surface area contributed by atoms with Crippen LogP contribution in [0.25, 0.3) is 0 Å². The highest BCUT2D eigenvalue weighted by Gasteiger charge is 2.22. The summed E-state index contributed by atoms with van der Waals surface area (Å²) in [5, 5.41) is 7.14. The minimum Gasteiger partial charge on any atom is -0.348 e. The summed E-state index contributed by atoms with van der Waals surface area (Å²) in [6, 6.07) is 16.6. The number of carbonyl (C=O) groups is 2. The second-order valence-electron chi connectivity index (χ2n) is 8.80. The molecule has 2 heterocycles. The molecule has 35 heavy (non-hydrogen) atoms. The SMILES string of the molecule is O=C(NCc1ccc(Cl)cc1)c1ccc2c(c1)CNCCCCCCCN2C(=O)c1cccnc1. The van der Waals surface area contributed by atoms with E-state index in [4.69, 9.17) is 11.6 Å². The van der Waals surface area contributed by atoms with Gasteiger partial charge in [-0.15, -0.1) is 0 Å². The number of carbonyl (C=O) groups excluding carboxylic acids is 2. The Kier molecular flexibility index (Phi) is 8.87. The first-order valence-electron chi connectivity index (χ1n) is 12.2. The monoisotopic (exact) mass is 490 g/mol. The molecule has 0 saturated carbocycles. The van der Waals surface area contributed by atoms with E-state index >= 15 is 0 Å². The molecular weight excluding hydrogens is 460 g/mol. The van der Waals surface area contributed by atoms with E-state index in [-0.39, 0.29) is 11.8 Å². The van der Waals surface area contributed by atoms with Crippen LogP contribution >= 0.6 is 11.6 Å². The van der Waals surface area contributed by atoms with Gasteiger partial charge in [0.15, 0.2) is 0 Å². The maximum Gasteiger partial charge on any atom is 0.259 e. The zero-order chi connectivity index (χ0) is 24.5. The van der Waals surface area contributed by atoms with Gasteiger partial charge < -0.3 is 15.5 Å². The van der Waals surface area contributed by atoms with Crippen molar-refractivity contribution in [1.82, 2.24) is 15.6 Å². The van der Waals surface area contributed by atoms with Crippen LogP contribution in [0.2, 0.25) is 5.02 Å². The highest BCUT2D eigenvalue weighted by atomic mass is 35.5. The summed E-state index contributed by atoms with van der Waals surface area (Å²) in [6.45, 7) is 2.53. The Labute approximate surface area is 211 Å². The van der Waals surface area contributed by atoms with Crippen LogP contribution in [0.15, 0.2) is 67.0 Å². The summed E-state index contributed by atoms with van der Waals surface area (Å²) in [6.07, 6.45) is 8.74. The molecule has 2 aromatic carbocycles. The van der Waals surface area contributed by atoms with Crippen LogP contribution in [0.5, 0.6) is 0 Å². The Morgan fingerprint density at radius 1 is 0.971 bits per heavy atom. The number of amides is 2. The first kappa shape index (κ1) is 24.9. The molecule has 1 aromatic heterocycles. The van der Waals surface area contributed by atoms with E-state index in [9.17, 15) is 9.59 Å². The number of aromatic nitrogens is 1. The van der Waals surface area contributed by atoms with Crippen molar-refractivity contribution >= 4 is 29.1 Å². The van der Waals surface area contributed by atoms with Gasteiger partial charge in [0.1, 0.15) is 0 Å². The summed E-state index contributed by atoms with van der Waals surface area (Å²) < 4.78 is 0. The topological polar surface area (TPSA) is 74.3 Å². The fourth-order valence-corrected chi connectivity index (χ4v) is 4.39. The molecule has 0 saturated heterocycles. The third kappa shape index (κ3) is 6.90. The van der Waals surface area contributed by atoms with Crippen LogP contribution in [-0.2, 0) is 13.1 Å². The molecule has 1 aliphatic heterocycles. The second-order valence-corrected chi connectivity index (χ2v) is 9.23. The van der Waals surface area contributed by atoms with Crippen LogP contribution in [0.4, 0.5) is 5.69 Å². The molecule has 0 spiro atoms. The quantitative estimate of drug-likeness (QED) is 0.516. The van der Waals surface area contributed by atoms with Gasteiger partial charge in [-0.2, -0.15) is 0 Å². The molecule has 2 amide bonds. The summed E-state index contributed by atoms with van der Waals surface area (Å²) >= 11 is 5.95. The first-order valence-corrected chi connectivity index (χ1v) is 12.6. The van der Waals surface area contributed by atoms with Crippen LogP contribution in [-0.4, -0.2) is 29.9 Å². The highest BCUT2D eigenvalue weighted by Crippen LogP contribution is 2.26. The van der Waals surface area contributed by atoms with Crippen LogP contribution in [0.3, 0.4) is 0 Å². The van der Waals surface area contributed by atoms with Gasteiger partial charge in [-0.25, -0.2) is 0 Å². The summed E-state index contributed by atoms with van der Waals surface area (Å²) in [5.74, 6) is -0.227. The summed E-state index contributed by atoms with van der Waals surface area (Å²) in [4.78, 5) is 32.4. The lowest BCUT2D eigenvalue weighted by molar-refractivity contribution is 0.0949. The lowest BCUT2D eigenvalue weighted by Crippen LogP contribution is -2.34. The average Bonchev–Trinajstić information content (AvgIpc) is 2.88. The maximum absolute atomic E-state index is 13.5. The third-order valence-corrected chi connectivity index (χ3v) is 6.46. The molecule has 0 bridgehead atoms. The predicted octanol–water partition coefficient (Wildman–Crippen LogP) is 5.37. The van der Waals surface area contributed by atoms with Crippen molar-refractivity contribution in [3.63, 3.8) is 0 Å². The number of hydrogen-bond acceptors (Lipinski definition) is 4. The lowest BCUT2D eigenvalue weighted by Gasteiger charge is -2.26. The van der Waals surface area contributed by atoms with E-state index in [1.165, 1.54) is 6.42 Å². The molecule has 0 aliphatic carbocycles. The second kappa shape index (κ2) is 12.5. The van der Waals surface area contributed by atoms with Crippen LogP contribution in [0.1, 0.15) is 63.9 Å². The fraction of sp³-hybridized carbons (Fsp3) is 0.321. The van der Waals surface area contributed by atoms with Crippen molar-refractivity contribution in [2.24, 2.45) is 0 Å². The molecule has 3 aromatic rings. The Hall–Kier alpha value is -3.22. The van der Waals surface area contributed by atoms with Gasteiger partial charge in [0.25, 0.3) is 11.8 Å². The van der Waals surface area contributed by atoms with E-state index in [0.717, 1.165) is 49.0 Å². The number of anilines is 1. The van der Waals surface area contributed by atoms with Crippen molar-refractivity contribution in [2.45, 2.75) is 45.2 Å². The summed E-state index contributed by atoms with van der Waals surface area (Å²) in [5.41, 5.74) is 3.87. The van der Waals surface area contributed by atoms with E-state index in [0.29, 0.717) is 35.8 Å². The van der Waals surface area contributed by atoms with Crippen molar-refractivity contribution in [3.05, 3.63) is 94.3 Å². The zero-order valence-corrected chi connectivity index (χ0v) is 20.6. The highest BCUT2D eigenvalue weighted by molar-refractivity contribution is 6.30. The minimum absolute atomic E-state index is 0.0728. The van der Waals surface area contributed by atoms with Gasteiger partial charge in [0.05, 0.1) is 5.56 Å². The number of halogens is 1. The number of hydrogen-bond donors (Lipinski definition) is 2. The smallest absolute Gasteiger partial charge is 0.259 e. The van der Waals surface area contributed by atoms with Crippen molar-refractivity contribution in [1.29, 1.82) is 0 Å². The molecule has 0 fully saturated rings. The predicted molar refractivity (Wildman–Crippen MR) is 140 cm³/mol. The van der Waals surface area contributed by atoms with E-state index in [1.54, 1.807) is 30.6 Å². The Balaban J connectivity index is 1.59. The molecule has 0 unspecified atom stereocenters. The molecule has 7 heteroatoms. The van der Waals surface area contributed by atoms with Crippen molar-refractivity contribution < 1.29 is 9.59 Å². The molecular formula is C28H31ClN4O2. The van der Waals surface area contributed by atoms with Crippen molar-refractivity contribution in [2.75, 3.05) is 18.0 Å². The maximum atomic E-state index is 13.5.